The number of hydrogen-bond acceptors (Lipinski definition) is 4. The van der Waals surface area contributed by atoms with E-state index < -0.39 is 10.0 Å². The number of pyridine rings is 1. The summed E-state index contributed by atoms with van der Waals surface area (Å²) in [6.07, 6.45) is 3.49. The first-order valence-electron chi connectivity index (χ1n) is 5.81. The van der Waals surface area contributed by atoms with Gasteiger partial charge in [0, 0.05) is 17.1 Å². The molecule has 0 atom stereocenters. The highest BCUT2D eigenvalue weighted by molar-refractivity contribution is 7.89. The van der Waals surface area contributed by atoms with Gasteiger partial charge in [0.15, 0.2) is 0 Å². The van der Waals surface area contributed by atoms with Gasteiger partial charge in [-0.25, -0.2) is 18.5 Å². The highest BCUT2D eigenvalue weighted by Gasteiger charge is 2.10. The summed E-state index contributed by atoms with van der Waals surface area (Å²) in [6, 6.07) is 8.15. The number of anilines is 1. The lowest BCUT2D eigenvalue weighted by atomic mass is 10.1. The molecule has 0 aliphatic heterocycles. The Morgan fingerprint density at radius 3 is 2.50 bits per heavy atom. The van der Waals surface area contributed by atoms with Crippen molar-refractivity contribution >= 4 is 26.7 Å². The molecular formula is C13H12N4O2S. The molecule has 1 aromatic carbocycles. The molecule has 0 spiro atoms. The van der Waals surface area contributed by atoms with Gasteiger partial charge in [-0.3, -0.25) is 0 Å². The third-order valence-corrected chi connectivity index (χ3v) is 4.01. The van der Waals surface area contributed by atoms with Crippen LogP contribution < -0.4 is 10.9 Å². The molecule has 0 saturated carbocycles. The van der Waals surface area contributed by atoms with Gasteiger partial charge in [-0.05, 0) is 23.8 Å². The van der Waals surface area contributed by atoms with Gasteiger partial charge >= 0.3 is 0 Å². The first kappa shape index (κ1) is 12.6. The summed E-state index contributed by atoms with van der Waals surface area (Å²) >= 11 is 0. The highest BCUT2D eigenvalue weighted by atomic mass is 32.2. The first-order chi connectivity index (χ1) is 9.45. The van der Waals surface area contributed by atoms with Crippen LogP contribution in [0, 0.1) is 0 Å². The zero-order valence-corrected chi connectivity index (χ0v) is 11.2. The molecule has 5 N–H and O–H groups in total. The molecule has 0 saturated heterocycles. The van der Waals surface area contributed by atoms with Gasteiger partial charge in [0.25, 0.3) is 0 Å². The minimum atomic E-state index is -3.68. The van der Waals surface area contributed by atoms with Gasteiger partial charge in [-0.15, -0.1) is 0 Å². The van der Waals surface area contributed by atoms with E-state index in [9.17, 15) is 8.42 Å². The number of fused-ring (bicyclic) bond motifs is 1. The van der Waals surface area contributed by atoms with E-state index >= 15 is 0 Å². The van der Waals surface area contributed by atoms with Crippen molar-refractivity contribution in [3.63, 3.8) is 0 Å². The molecule has 7 heteroatoms. The van der Waals surface area contributed by atoms with Crippen molar-refractivity contribution in [3.05, 3.63) is 42.7 Å². The second kappa shape index (κ2) is 4.32. The van der Waals surface area contributed by atoms with Crippen LogP contribution in [0.5, 0.6) is 0 Å². The van der Waals surface area contributed by atoms with Gasteiger partial charge in [-0.1, -0.05) is 12.1 Å². The molecular weight excluding hydrogens is 276 g/mol. The number of nitrogen functional groups attached to an aromatic ring is 1. The Morgan fingerprint density at radius 2 is 1.85 bits per heavy atom. The SMILES string of the molecule is Nc1cc2c(-c3ccc(S(N)(=O)=O)cc3)c[nH]c2cn1. The number of H-pyrrole nitrogens is 1. The molecule has 102 valence electrons. The molecule has 3 rings (SSSR count). The fourth-order valence-corrected chi connectivity index (χ4v) is 2.62. The molecule has 0 aliphatic rings. The summed E-state index contributed by atoms with van der Waals surface area (Å²) in [5.41, 5.74) is 8.35. The lowest BCUT2D eigenvalue weighted by molar-refractivity contribution is 0.598. The van der Waals surface area contributed by atoms with E-state index in [0.717, 1.165) is 22.0 Å². The number of benzene rings is 1. The van der Waals surface area contributed by atoms with Crippen LogP contribution in [0.4, 0.5) is 5.82 Å². The smallest absolute Gasteiger partial charge is 0.238 e. The van der Waals surface area contributed by atoms with E-state index in [-0.39, 0.29) is 4.90 Å². The monoisotopic (exact) mass is 288 g/mol. The molecule has 20 heavy (non-hydrogen) atoms. The predicted octanol–water partition coefficient (Wildman–Crippen LogP) is 1.46. The number of aromatic nitrogens is 2. The van der Waals surface area contributed by atoms with Crippen molar-refractivity contribution in [2.45, 2.75) is 4.90 Å². The Balaban J connectivity index is 2.14. The Morgan fingerprint density at radius 1 is 1.15 bits per heavy atom. The van der Waals surface area contributed by atoms with E-state index in [1.54, 1.807) is 24.4 Å². The van der Waals surface area contributed by atoms with Crippen molar-refractivity contribution < 1.29 is 8.42 Å². The van der Waals surface area contributed by atoms with E-state index in [1.165, 1.54) is 12.1 Å². The number of nitrogens with two attached hydrogens (primary N) is 2. The average molecular weight is 288 g/mol. The molecule has 0 aliphatic carbocycles. The summed E-state index contributed by atoms with van der Waals surface area (Å²) in [5, 5.41) is 6.01. The minimum absolute atomic E-state index is 0.0854. The molecule has 6 nitrogen and oxygen atoms in total. The Bertz CT molecular complexity index is 882. The van der Waals surface area contributed by atoms with Crippen molar-refractivity contribution in [2.24, 2.45) is 5.14 Å². The van der Waals surface area contributed by atoms with Crippen LogP contribution in [0.25, 0.3) is 22.0 Å². The zero-order valence-electron chi connectivity index (χ0n) is 10.4. The Hall–Kier alpha value is -2.38. The van der Waals surface area contributed by atoms with Crippen LogP contribution >= 0.6 is 0 Å². The maximum atomic E-state index is 11.2. The van der Waals surface area contributed by atoms with E-state index in [2.05, 4.69) is 9.97 Å². The average Bonchev–Trinajstić information content (AvgIpc) is 2.81. The van der Waals surface area contributed by atoms with E-state index in [0.29, 0.717) is 5.82 Å². The third-order valence-electron chi connectivity index (χ3n) is 3.08. The predicted molar refractivity (Wildman–Crippen MR) is 77.3 cm³/mol. The summed E-state index contributed by atoms with van der Waals surface area (Å²) in [4.78, 5) is 7.19. The standard InChI is InChI=1S/C13H12N4O2S/c14-13-5-10-11(6-16-12(10)7-17-13)8-1-3-9(4-2-8)20(15,18)19/h1-7,16H,(H2,14,17)(H2,15,18,19). The summed E-state index contributed by atoms with van der Waals surface area (Å²) in [7, 11) is -3.68. The van der Waals surface area contributed by atoms with Crippen molar-refractivity contribution in [1.29, 1.82) is 0 Å². The molecule has 0 unspecified atom stereocenters. The summed E-state index contributed by atoms with van der Waals surface area (Å²) in [5.74, 6) is 0.430. The second-order valence-corrected chi connectivity index (χ2v) is 5.99. The zero-order chi connectivity index (χ0) is 14.3. The quantitative estimate of drug-likeness (QED) is 0.662. The van der Waals surface area contributed by atoms with Crippen molar-refractivity contribution in [3.8, 4) is 11.1 Å². The normalized spacial score (nSPS) is 11.8. The topological polar surface area (TPSA) is 115 Å². The molecule has 0 radical (unpaired) electrons. The molecule has 2 aromatic heterocycles. The number of nitrogens with zero attached hydrogens (tertiary/aromatic N) is 1. The first-order valence-corrected chi connectivity index (χ1v) is 7.35. The minimum Gasteiger partial charge on any atom is -0.384 e. The van der Waals surface area contributed by atoms with Crippen LogP contribution in [0.1, 0.15) is 0 Å². The largest absolute Gasteiger partial charge is 0.384 e. The van der Waals surface area contributed by atoms with Gasteiger partial charge in [-0.2, -0.15) is 0 Å². The fraction of sp³-hybridized carbons (Fsp3) is 0. The van der Waals surface area contributed by atoms with Crippen LogP contribution in [-0.4, -0.2) is 18.4 Å². The van der Waals surface area contributed by atoms with Gasteiger partial charge in [0.2, 0.25) is 10.0 Å². The number of nitrogens with one attached hydrogen (secondary N) is 1. The third kappa shape index (κ3) is 2.13. The summed E-state index contributed by atoms with van der Waals surface area (Å²) in [6.45, 7) is 0. The van der Waals surface area contributed by atoms with Crippen LogP contribution in [0.15, 0.2) is 47.6 Å². The number of primary sulfonamides is 1. The number of hydrogen-bond donors (Lipinski definition) is 3. The molecule has 3 aromatic rings. The van der Waals surface area contributed by atoms with E-state index in [1.807, 2.05) is 6.20 Å². The van der Waals surface area contributed by atoms with Gasteiger partial charge in [0.05, 0.1) is 16.6 Å². The van der Waals surface area contributed by atoms with Crippen LogP contribution in [0.2, 0.25) is 0 Å². The lowest BCUT2D eigenvalue weighted by Gasteiger charge is -2.02. The van der Waals surface area contributed by atoms with Crippen LogP contribution in [0.3, 0.4) is 0 Å². The Labute approximate surface area is 115 Å². The lowest BCUT2D eigenvalue weighted by Crippen LogP contribution is -2.11. The maximum Gasteiger partial charge on any atom is 0.238 e. The van der Waals surface area contributed by atoms with Crippen molar-refractivity contribution in [2.75, 3.05) is 5.73 Å². The Kier molecular flexibility index (Phi) is 2.73. The molecule has 0 fully saturated rings. The molecule has 0 bridgehead atoms. The number of sulfonamides is 1. The molecule has 2 heterocycles. The number of rotatable bonds is 2. The van der Waals surface area contributed by atoms with Crippen LogP contribution in [-0.2, 0) is 10.0 Å². The van der Waals surface area contributed by atoms with E-state index in [4.69, 9.17) is 10.9 Å². The number of aromatic amines is 1. The maximum absolute atomic E-state index is 11.2. The van der Waals surface area contributed by atoms with Gasteiger partial charge in [0.1, 0.15) is 5.82 Å². The second-order valence-electron chi connectivity index (χ2n) is 4.43. The summed E-state index contributed by atoms with van der Waals surface area (Å²) < 4.78 is 22.5. The molecule has 0 amide bonds. The fourth-order valence-electron chi connectivity index (χ4n) is 2.10. The highest BCUT2D eigenvalue weighted by Crippen LogP contribution is 2.29. The van der Waals surface area contributed by atoms with Gasteiger partial charge < -0.3 is 10.7 Å². The van der Waals surface area contributed by atoms with Crippen molar-refractivity contribution in [1.82, 2.24) is 9.97 Å².